The molecule has 38 heteroatoms. The number of hydrogen-bond acceptors (Lipinski definition) is 36. The van der Waals surface area contributed by atoms with Crippen molar-refractivity contribution in [1.29, 1.82) is 0 Å². The Kier molecular flexibility index (Phi) is 21.9. The van der Waals surface area contributed by atoms with Gasteiger partial charge in [0.2, 0.25) is 0 Å². The summed E-state index contributed by atoms with van der Waals surface area (Å²) in [5, 5.41) is 220. The minimum atomic E-state index is -7.01. The van der Waals surface area contributed by atoms with Crippen LogP contribution in [0.15, 0.2) is 0 Å². The summed E-state index contributed by atoms with van der Waals surface area (Å²) < 4.78 is 113. The van der Waals surface area contributed by atoms with Crippen molar-refractivity contribution in [2.24, 2.45) is 0 Å². The van der Waals surface area contributed by atoms with Gasteiger partial charge in [0.25, 0.3) is 0 Å². The molecule has 15 saturated heterocycles. The van der Waals surface area contributed by atoms with E-state index >= 15 is 0 Å². The minimum absolute atomic E-state index is 1.07. The van der Waals surface area contributed by atoms with Gasteiger partial charge in [-0.05, 0) is 0 Å². The topological polar surface area (TPSA) is 588 Å². The SMILES string of the molecule is O=[Te](=O)(O)[C@H]1[C@H]2O[C@H]3[C@H](O)[C@H](O)[C@@H](O[C@H]4[C@@H](O)[C@H](O)[C@@H](O[C@H]5[C@@H](O)[C@H](O)[C@@H](O[C@H]6[C@H](O)[C@@H](O)[C@@H](O[C@H]7[C@H](O)[C@@H](O)[C@@H](O[C@H]8[C@H](O)[C@@H](O)[C@@H](O[C@@H]([C@@H]1O)[C@@H](CO)O2)O[C@@H]8CO)O[C@@H]7CO)O[C@@H]6CO)O[C@@H]5CO)O[C@@H]4CO)O[C@@H]3CO. The molecule has 0 spiro atoms. The van der Waals surface area contributed by atoms with E-state index in [1.54, 1.807) is 0 Å². The van der Waals surface area contributed by atoms with Gasteiger partial charge in [-0.25, -0.2) is 0 Å². The predicted octanol–water partition coefficient (Wildman–Crippen LogP) is -15.4. The Morgan fingerprint density at radius 2 is 0.375 bits per heavy atom. The van der Waals surface area contributed by atoms with Crippen LogP contribution in [0.25, 0.3) is 0 Å². The van der Waals surface area contributed by atoms with E-state index in [9.17, 15) is 112 Å². The average Bonchev–Trinajstić information content (AvgIpc) is 3.57. The first-order chi connectivity index (χ1) is 37.9. The molecule has 0 aromatic heterocycles. The third-order valence-corrected chi connectivity index (χ3v) is 18.5. The molecule has 15 aliphatic heterocycles. The summed E-state index contributed by atoms with van der Waals surface area (Å²) in [5.41, 5.74) is 0. The molecular formula is C42H70O37Te. The van der Waals surface area contributed by atoms with Gasteiger partial charge in [-0.1, -0.05) is 0 Å². The number of rotatable bonds is 8. The van der Waals surface area contributed by atoms with E-state index in [0.29, 0.717) is 0 Å². The van der Waals surface area contributed by atoms with Crippen LogP contribution in [-0.4, -0.2) is 379 Å². The van der Waals surface area contributed by atoms with Crippen molar-refractivity contribution in [3.8, 4) is 0 Å². The van der Waals surface area contributed by atoms with Crippen LogP contribution in [0.1, 0.15) is 0 Å². The first-order valence-corrected chi connectivity index (χ1v) is 29.4. The summed E-state index contributed by atoms with van der Waals surface area (Å²) in [5.74, 6) is 0. The van der Waals surface area contributed by atoms with Gasteiger partial charge < -0.3 is 64.5 Å². The molecule has 0 aliphatic carbocycles. The number of aliphatic hydroxyl groups excluding tert-OH is 20. The van der Waals surface area contributed by atoms with Crippen molar-refractivity contribution >= 4 is 18.6 Å². The second kappa shape index (κ2) is 26.9. The molecule has 0 aromatic carbocycles. The zero-order chi connectivity index (χ0) is 58.6. The van der Waals surface area contributed by atoms with Crippen molar-refractivity contribution in [1.82, 2.24) is 0 Å². The summed E-state index contributed by atoms with van der Waals surface area (Å²) in [6.07, 6.45) is -71.7. The van der Waals surface area contributed by atoms with E-state index < -0.39 is 278 Å². The third kappa shape index (κ3) is 12.7. The van der Waals surface area contributed by atoms with E-state index in [1.165, 1.54) is 0 Å². The average molecular weight is 1290 g/mol. The van der Waals surface area contributed by atoms with Gasteiger partial charge in [0.05, 0.1) is 19.8 Å². The van der Waals surface area contributed by atoms with Gasteiger partial charge in [0, 0.05) is 0 Å². The Balaban J connectivity index is 1.10. The van der Waals surface area contributed by atoms with Gasteiger partial charge in [0.1, 0.15) is 54.9 Å². The zero-order valence-corrected chi connectivity index (χ0v) is 43.8. The molecule has 15 fully saturated rings. The fourth-order valence-electron chi connectivity index (χ4n) is 10.7. The van der Waals surface area contributed by atoms with Crippen molar-refractivity contribution in [3.05, 3.63) is 0 Å². The van der Waals surface area contributed by atoms with Crippen LogP contribution in [0.2, 0.25) is 3.97 Å². The van der Waals surface area contributed by atoms with Crippen LogP contribution in [0, 0.1) is 0 Å². The summed E-state index contributed by atoms with van der Waals surface area (Å²) in [6, 6.07) is 0. The van der Waals surface area contributed by atoms with Crippen molar-refractivity contribution in [3.63, 3.8) is 0 Å². The second-order valence-electron chi connectivity index (χ2n) is 20.1. The zero-order valence-electron chi connectivity index (χ0n) is 41.5. The standard InChI is InChI=1S/C42H70O37Te/c43-1-8-28-15(50)21(56)37(66-8)74-30-10(3-45)68-39(23(58)17(30)52)76-32-12(5-47)70-41(25(60)19(32)54)78-34-14(7-49)72-42(35(27(34)62)80(63,64)65)79-33-13(6-48)71-40(26(61)20(33)55)77-31-11(4-46)69-38(24(59)18(31)53)75-29-9(2-44)67-36(73-28)22(57)16(29)51/h8-62H,1-7H2,(H,63,64,65)/t8-,9-,10-,11-,12-,13-,14-,15-,16+,17-,18+,19-,20-,21-,22+,23-,24+,25-,26+,27+,28-,29-,30-,31-,32-,33-,34-,35-,36-,37-,38-,39-,40-,41-,42-/m1/s1. The van der Waals surface area contributed by atoms with Crippen LogP contribution < -0.4 is 0 Å². The van der Waals surface area contributed by atoms with E-state index in [0.717, 1.165) is 0 Å². The van der Waals surface area contributed by atoms with Gasteiger partial charge >= 0.3 is 304 Å². The number of ether oxygens (including phenoxy) is 14. The first-order valence-electron chi connectivity index (χ1n) is 25.1. The van der Waals surface area contributed by atoms with Gasteiger partial charge in [-0.2, -0.15) is 0 Å². The Labute approximate surface area is 454 Å². The van der Waals surface area contributed by atoms with Gasteiger partial charge in [-0.15, -0.1) is 0 Å². The Hall–Kier alpha value is -1.01. The molecule has 37 nitrogen and oxygen atoms in total. The maximum absolute atomic E-state index is 13.1. The fourth-order valence-corrected chi connectivity index (χ4v) is 13.3. The Morgan fingerprint density at radius 1 is 0.225 bits per heavy atom. The molecule has 0 amide bonds. The monoisotopic (exact) mass is 1300 g/mol. The molecule has 80 heavy (non-hydrogen) atoms. The molecule has 0 saturated carbocycles. The Morgan fingerprint density at radius 3 is 0.537 bits per heavy atom. The van der Waals surface area contributed by atoms with E-state index in [2.05, 4.69) is 0 Å². The van der Waals surface area contributed by atoms with E-state index in [1.807, 2.05) is 0 Å². The third-order valence-electron chi connectivity index (χ3n) is 15.1. The number of fused-ring (bicyclic) bond motifs is 7. The normalized spacial score (nSPS) is 53.9. The van der Waals surface area contributed by atoms with Crippen LogP contribution in [-0.2, 0) is 72.5 Å². The quantitative estimate of drug-likeness (QED) is 0.100. The second-order valence-corrected chi connectivity index (χ2v) is 24.6. The number of aliphatic hydroxyl groups is 20. The Bertz CT molecular complexity index is 2060. The molecule has 15 aliphatic rings. The van der Waals surface area contributed by atoms with Crippen molar-refractivity contribution in [2.75, 3.05) is 46.2 Å². The van der Waals surface area contributed by atoms with E-state index in [-0.39, 0.29) is 0 Å². The molecule has 15 rings (SSSR count). The summed E-state index contributed by atoms with van der Waals surface area (Å²) in [6.45, 7) is -7.85. The molecule has 21 N–H and O–H groups in total. The molecule has 35 atom stereocenters. The summed E-state index contributed by atoms with van der Waals surface area (Å²) >= 11 is -7.01. The van der Waals surface area contributed by atoms with Crippen LogP contribution in [0.4, 0.5) is 0 Å². The molecule has 0 aromatic rings. The summed E-state index contributed by atoms with van der Waals surface area (Å²) in [4.78, 5) is 0. The van der Waals surface area contributed by atoms with Crippen LogP contribution in [0.5, 0.6) is 0 Å². The summed E-state index contributed by atoms with van der Waals surface area (Å²) in [7, 11) is 0. The van der Waals surface area contributed by atoms with Crippen molar-refractivity contribution in [2.45, 2.75) is 213 Å². The molecular weight excluding hydrogens is 1220 g/mol. The first kappa shape index (κ1) is 65.0. The van der Waals surface area contributed by atoms with Gasteiger partial charge in [0.15, 0.2) is 12.6 Å². The number of hydrogen-bond donors (Lipinski definition) is 21. The molecule has 14 bridgehead atoms. The molecule has 15 heterocycles. The van der Waals surface area contributed by atoms with Gasteiger partial charge in [-0.3, -0.25) is 0 Å². The van der Waals surface area contributed by atoms with Crippen molar-refractivity contribution < 1.29 is 178 Å². The predicted molar refractivity (Wildman–Crippen MR) is 236 cm³/mol. The molecule has 0 radical (unpaired) electrons. The van der Waals surface area contributed by atoms with Crippen LogP contribution in [0.3, 0.4) is 0 Å². The van der Waals surface area contributed by atoms with Crippen LogP contribution >= 0.6 is 0 Å². The molecule has 0 unspecified atom stereocenters. The fraction of sp³-hybridized carbons (Fsp3) is 1.00. The maximum atomic E-state index is 13.1. The molecule has 466 valence electrons. The van der Waals surface area contributed by atoms with E-state index in [4.69, 9.17) is 66.3 Å².